The molecule has 0 heterocycles. The number of para-hydroxylation sites is 1. The van der Waals surface area contributed by atoms with Gasteiger partial charge in [0.15, 0.2) is 5.75 Å². The molecule has 1 amide bonds. The highest BCUT2D eigenvalue weighted by Gasteiger charge is 2.21. The van der Waals surface area contributed by atoms with Crippen molar-refractivity contribution in [1.82, 2.24) is 0 Å². The summed E-state index contributed by atoms with van der Waals surface area (Å²) < 4.78 is 4.87. The number of nitrogens with one attached hydrogen (secondary N) is 1. The number of rotatable bonds is 6. The number of aliphatic hydroxyl groups excluding tert-OH is 1. The van der Waals surface area contributed by atoms with Crippen molar-refractivity contribution in [2.45, 2.75) is 6.10 Å². The molecule has 98 valence electrons. The Kier molecular flexibility index (Phi) is 4.44. The summed E-state index contributed by atoms with van der Waals surface area (Å²) >= 11 is 0. The van der Waals surface area contributed by atoms with E-state index in [4.69, 9.17) is 10.5 Å². The van der Waals surface area contributed by atoms with Crippen LogP contribution in [-0.4, -0.2) is 35.7 Å². The van der Waals surface area contributed by atoms with Gasteiger partial charge in [-0.05, 0) is 12.1 Å². The quantitative estimate of drug-likeness (QED) is 0.479. The van der Waals surface area contributed by atoms with Gasteiger partial charge in [0, 0.05) is 0 Å². The second kappa shape index (κ2) is 5.82. The Morgan fingerprint density at radius 3 is 2.83 bits per heavy atom. The van der Waals surface area contributed by atoms with Crippen LogP contribution in [0.1, 0.15) is 0 Å². The fourth-order valence-electron chi connectivity index (χ4n) is 1.33. The number of anilines is 1. The molecule has 0 radical (unpaired) electrons. The topological polar surface area (TPSA) is 128 Å². The maximum absolute atomic E-state index is 10.9. The number of nitro benzene ring substituents is 1. The third kappa shape index (κ3) is 3.08. The minimum atomic E-state index is -1.42. The molecular weight excluding hydrogens is 242 g/mol. The molecule has 1 aromatic rings. The van der Waals surface area contributed by atoms with E-state index in [1.165, 1.54) is 19.2 Å². The zero-order chi connectivity index (χ0) is 13.7. The summed E-state index contributed by atoms with van der Waals surface area (Å²) in [4.78, 5) is 20.9. The second-order valence-corrected chi connectivity index (χ2v) is 3.41. The minimum absolute atomic E-state index is 0.0820. The largest absolute Gasteiger partial charge is 0.490 e. The molecule has 18 heavy (non-hydrogen) atoms. The number of ether oxygens (including phenoxy) is 1. The summed E-state index contributed by atoms with van der Waals surface area (Å²) in [6.07, 6.45) is -1.42. The molecule has 0 saturated carbocycles. The van der Waals surface area contributed by atoms with Crippen LogP contribution in [0.4, 0.5) is 11.4 Å². The van der Waals surface area contributed by atoms with Crippen LogP contribution >= 0.6 is 0 Å². The van der Waals surface area contributed by atoms with Crippen molar-refractivity contribution in [1.29, 1.82) is 0 Å². The molecule has 0 spiro atoms. The van der Waals surface area contributed by atoms with Crippen LogP contribution in [0.5, 0.6) is 5.75 Å². The molecule has 1 atom stereocenters. The summed E-state index contributed by atoms with van der Waals surface area (Å²) in [5, 5.41) is 22.7. The predicted octanol–water partition coefficient (Wildman–Crippen LogP) is -0.139. The van der Waals surface area contributed by atoms with Crippen LogP contribution in [-0.2, 0) is 4.79 Å². The predicted molar refractivity (Wildman–Crippen MR) is 63.3 cm³/mol. The summed E-state index contributed by atoms with van der Waals surface area (Å²) in [7, 11) is 1.31. The number of hydrogen-bond donors (Lipinski definition) is 3. The standard InChI is InChI=1S/C10H13N3O5/c1-18-8-4-2-3-6(9(8)13(16)17)12-5-7(14)10(11)15/h2-4,7,12,14H,5H2,1H3,(H2,11,15). The van der Waals surface area contributed by atoms with Crippen molar-refractivity contribution in [3.63, 3.8) is 0 Å². The van der Waals surface area contributed by atoms with E-state index in [1.54, 1.807) is 6.07 Å². The maximum Gasteiger partial charge on any atom is 0.333 e. The molecule has 8 nitrogen and oxygen atoms in total. The van der Waals surface area contributed by atoms with Crippen molar-refractivity contribution < 1.29 is 19.6 Å². The van der Waals surface area contributed by atoms with Gasteiger partial charge in [-0.25, -0.2) is 0 Å². The SMILES string of the molecule is COc1cccc(NCC(O)C(N)=O)c1[N+](=O)[O-]. The number of aliphatic hydroxyl groups is 1. The van der Waals surface area contributed by atoms with Crippen molar-refractivity contribution in [3.05, 3.63) is 28.3 Å². The van der Waals surface area contributed by atoms with Gasteiger partial charge in [-0.1, -0.05) is 6.07 Å². The van der Waals surface area contributed by atoms with Crippen molar-refractivity contribution in [2.24, 2.45) is 5.73 Å². The maximum atomic E-state index is 10.9. The number of nitrogens with two attached hydrogens (primary N) is 1. The van der Waals surface area contributed by atoms with Gasteiger partial charge < -0.3 is 20.9 Å². The monoisotopic (exact) mass is 255 g/mol. The van der Waals surface area contributed by atoms with Crippen LogP contribution in [0.3, 0.4) is 0 Å². The van der Waals surface area contributed by atoms with E-state index in [9.17, 15) is 20.0 Å². The molecule has 0 aliphatic heterocycles. The fourth-order valence-corrected chi connectivity index (χ4v) is 1.33. The average Bonchev–Trinajstić information content (AvgIpc) is 2.34. The van der Waals surface area contributed by atoms with Gasteiger partial charge in [-0.2, -0.15) is 0 Å². The summed E-state index contributed by atoms with van der Waals surface area (Å²) in [6.45, 7) is -0.219. The van der Waals surface area contributed by atoms with E-state index in [1.807, 2.05) is 0 Å². The third-order valence-electron chi connectivity index (χ3n) is 2.22. The molecule has 0 bridgehead atoms. The average molecular weight is 255 g/mol. The van der Waals surface area contributed by atoms with Gasteiger partial charge in [0.1, 0.15) is 11.8 Å². The Morgan fingerprint density at radius 2 is 2.33 bits per heavy atom. The molecule has 0 aromatic heterocycles. The van der Waals surface area contributed by atoms with Crippen LogP contribution in [0, 0.1) is 10.1 Å². The molecule has 0 aliphatic carbocycles. The van der Waals surface area contributed by atoms with E-state index < -0.39 is 16.9 Å². The lowest BCUT2D eigenvalue weighted by Crippen LogP contribution is -2.34. The van der Waals surface area contributed by atoms with Crippen LogP contribution in [0.25, 0.3) is 0 Å². The first-order valence-corrected chi connectivity index (χ1v) is 5.00. The van der Waals surface area contributed by atoms with E-state index in [0.29, 0.717) is 0 Å². The molecule has 1 unspecified atom stereocenters. The number of nitrogens with zero attached hydrogens (tertiary/aromatic N) is 1. The fraction of sp³-hybridized carbons (Fsp3) is 0.300. The highest BCUT2D eigenvalue weighted by atomic mass is 16.6. The first-order valence-electron chi connectivity index (χ1n) is 5.00. The van der Waals surface area contributed by atoms with Crippen LogP contribution in [0.2, 0.25) is 0 Å². The van der Waals surface area contributed by atoms with Crippen molar-refractivity contribution in [3.8, 4) is 5.75 Å². The molecule has 0 saturated heterocycles. The van der Waals surface area contributed by atoms with Gasteiger partial charge in [-0.3, -0.25) is 14.9 Å². The number of benzene rings is 1. The van der Waals surface area contributed by atoms with Crippen LogP contribution < -0.4 is 15.8 Å². The Labute approximate surface area is 103 Å². The van der Waals surface area contributed by atoms with Crippen molar-refractivity contribution in [2.75, 3.05) is 19.0 Å². The molecular formula is C10H13N3O5. The lowest BCUT2D eigenvalue weighted by atomic mass is 10.2. The third-order valence-corrected chi connectivity index (χ3v) is 2.22. The van der Waals surface area contributed by atoms with Gasteiger partial charge in [-0.15, -0.1) is 0 Å². The lowest BCUT2D eigenvalue weighted by Gasteiger charge is -2.11. The molecule has 0 aliphatic rings. The summed E-state index contributed by atoms with van der Waals surface area (Å²) in [5.74, 6) is -0.827. The lowest BCUT2D eigenvalue weighted by molar-refractivity contribution is -0.384. The zero-order valence-corrected chi connectivity index (χ0v) is 9.62. The Hall–Kier alpha value is -2.35. The highest BCUT2D eigenvalue weighted by Crippen LogP contribution is 2.34. The number of carbonyl (C=O) groups excluding carboxylic acids is 1. The highest BCUT2D eigenvalue weighted by molar-refractivity contribution is 5.79. The number of primary amides is 1. The number of carbonyl (C=O) groups is 1. The first-order chi connectivity index (χ1) is 8.47. The van der Waals surface area contributed by atoms with Gasteiger partial charge in [0.05, 0.1) is 18.6 Å². The number of hydrogen-bond acceptors (Lipinski definition) is 6. The minimum Gasteiger partial charge on any atom is -0.490 e. The summed E-state index contributed by atoms with van der Waals surface area (Å²) in [5.41, 5.74) is 4.74. The Bertz CT molecular complexity index is 463. The van der Waals surface area contributed by atoms with Gasteiger partial charge in [0.2, 0.25) is 5.91 Å². The number of amides is 1. The normalized spacial score (nSPS) is 11.7. The Morgan fingerprint density at radius 1 is 1.67 bits per heavy atom. The molecule has 1 aromatic carbocycles. The number of nitro groups is 1. The van der Waals surface area contributed by atoms with E-state index in [-0.39, 0.29) is 23.7 Å². The first kappa shape index (κ1) is 13.7. The van der Waals surface area contributed by atoms with Crippen LogP contribution in [0.15, 0.2) is 18.2 Å². The van der Waals surface area contributed by atoms with E-state index in [2.05, 4.69) is 5.32 Å². The van der Waals surface area contributed by atoms with Gasteiger partial charge >= 0.3 is 5.69 Å². The van der Waals surface area contributed by atoms with E-state index >= 15 is 0 Å². The van der Waals surface area contributed by atoms with Crippen molar-refractivity contribution >= 4 is 17.3 Å². The van der Waals surface area contributed by atoms with Gasteiger partial charge in [0.25, 0.3) is 0 Å². The molecule has 1 rings (SSSR count). The smallest absolute Gasteiger partial charge is 0.333 e. The second-order valence-electron chi connectivity index (χ2n) is 3.41. The zero-order valence-electron chi connectivity index (χ0n) is 9.62. The molecule has 4 N–H and O–H groups in total. The molecule has 8 heteroatoms. The summed E-state index contributed by atoms with van der Waals surface area (Å²) in [6, 6.07) is 4.42. The Balaban J connectivity index is 2.95. The number of methoxy groups -OCH3 is 1. The van der Waals surface area contributed by atoms with E-state index in [0.717, 1.165) is 0 Å². The molecule has 0 fully saturated rings.